The molecule has 0 saturated heterocycles. The summed E-state index contributed by atoms with van der Waals surface area (Å²) in [6.45, 7) is 2.54. The fourth-order valence-corrected chi connectivity index (χ4v) is 0.488. The molecular formula is C8H14N. The molecule has 51 valence electrons. The summed E-state index contributed by atoms with van der Waals surface area (Å²) in [5, 5.41) is 0. The molecule has 9 heavy (non-hydrogen) atoms. The summed E-state index contributed by atoms with van der Waals surface area (Å²) < 4.78 is 0. The third kappa shape index (κ3) is 7.44. The second kappa shape index (κ2) is 7.44. The van der Waals surface area contributed by atoms with Gasteiger partial charge in [0.25, 0.3) is 0 Å². The van der Waals surface area contributed by atoms with Crippen molar-refractivity contribution in [2.45, 2.75) is 19.8 Å². The van der Waals surface area contributed by atoms with Gasteiger partial charge in [-0.2, -0.15) is 0 Å². The van der Waals surface area contributed by atoms with Crippen LogP contribution in [0.2, 0.25) is 0 Å². The van der Waals surface area contributed by atoms with E-state index in [2.05, 4.69) is 13.0 Å². The number of allylic oxidation sites excluding steroid dienone is 3. The van der Waals surface area contributed by atoms with E-state index in [0.717, 1.165) is 6.42 Å². The molecule has 0 spiro atoms. The van der Waals surface area contributed by atoms with Gasteiger partial charge in [0.15, 0.2) is 0 Å². The number of hydrogen-bond acceptors (Lipinski definition) is 0. The van der Waals surface area contributed by atoms with Gasteiger partial charge in [0.05, 0.1) is 0 Å². The molecule has 0 rings (SSSR count). The SMILES string of the molecule is CCCC=CC=CC[NH]. The molecular weight excluding hydrogens is 110 g/mol. The maximum atomic E-state index is 6.76. The summed E-state index contributed by atoms with van der Waals surface area (Å²) in [6.07, 6.45) is 10.2. The van der Waals surface area contributed by atoms with Gasteiger partial charge in [0.2, 0.25) is 0 Å². The van der Waals surface area contributed by atoms with Crippen LogP contribution in [0, 0.1) is 0 Å². The molecule has 0 unspecified atom stereocenters. The maximum Gasteiger partial charge on any atom is 0.0284 e. The summed E-state index contributed by atoms with van der Waals surface area (Å²) in [7, 11) is 0. The van der Waals surface area contributed by atoms with E-state index in [-0.39, 0.29) is 0 Å². The predicted molar refractivity (Wildman–Crippen MR) is 41.2 cm³/mol. The normalized spacial score (nSPS) is 11.8. The highest BCUT2D eigenvalue weighted by molar-refractivity contribution is 5.02. The van der Waals surface area contributed by atoms with Gasteiger partial charge < -0.3 is 0 Å². The Morgan fingerprint density at radius 1 is 1.22 bits per heavy atom. The Kier molecular flexibility index (Phi) is 6.98. The first-order valence-corrected chi connectivity index (χ1v) is 3.38. The molecule has 0 aromatic heterocycles. The summed E-state index contributed by atoms with van der Waals surface area (Å²) in [5.74, 6) is 0. The van der Waals surface area contributed by atoms with Crippen molar-refractivity contribution in [1.82, 2.24) is 5.73 Å². The predicted octanol–water partition coefficient (Wildman–Crippen LogP) is 2.18. The second-order valence-electron chi connectivity index (χ2n) is 1.85. The molecule has 0 amide bonds. The molecule has 1 radical (unpaired) electrons. The molecule has 0 bridgehead atoms. The standard InChI is InChI=1S/C8H14N/c1-2-3-4-5-6-7-8-9/h4-7,9H,2-3,8H2,1H3. The van der Waals surface area contributed by atoms with Gasteiger partial charge in [-0.15, -0.1) is 0 Å². The Hall–Kier alpha value is -0.560. The van der Waals surface area contributed by atoms with Gasteiger partial charge in [-0.25, -0.2) is 0 Å². The summed E-state index contributed by atoms with van der Waals surface area (Å²) in [5.41, 5.74) is 6.76. The molecule has 0 aliphatic heterocycles. The highest BCUT2D eigenvalue weighted by Gasteiger charge is 1.68. The van der Waals surface area contributed by atoms with E-state index >= 15 is 0 Å². The van der Waals surface area contributed by atoms with Gasteiger partial charge in [-0.05, 0) is 6.42 Å². The minimum Gasteiger partial charge on any atom is -0.254 e. The van der Waals surface area contributed by atoms with Gasteiger partial charge in [0.1, 0.15) is 0 Å². The van der Waals surface area contributed by atoms with Crippen molar-refractivity contribution in [3.8, 4) is 0 Å². The van der Waals surface area contributed by atoms with Crippen LogP contribution >= 0.6 is 0 Å². The summed E-state index contributed by atoms with van der Waals surface area (Å²) >= 11 is 0. The van der Waals surface area contributed by atoms with E-state index in [0.29, 0.717) is 6.54 Å². The quantitative estimate of drug-likeness (QED) is 0.513. The Labute approximate surface area is 57.3 Å². The van der Waals surface area contributed by atoms with E-state index < -0.39 is 0 Å². The monoisotopic (exact) mass is 124 g/mol. The Morgan fingerprint density at radius 3 is 2.44 bits per heavy atom. The lowest BCUT2D eigenvalue weighted by Gasteiger charge is -1.79. The van der Waals surface area contributed by atoms with E-state index in [9.17, 15) is 0 Å². The van der Waals surface area contributed by atoms with E-state index in [4.69, 9.17) is 5.73 Å². The number of unbranched alkanes of at least 4 members (excludes halogenated alkanes) is 1. The minimum absolute atomic E-state index is 0.385. The van der Waals surface area contributed by atoms with Crippen LogP contribution in [-0.4, -0.2) is 6.54 Å². The number of nitrogens with one attached hydrogen (secondary N) is 1. The molecule has 0 aromatic carbocycles. The van der Waals surface area contributed by atoms with Crippen LogP contribution in [0.4, 0.5) is 0 Å². The van der Waals surface area contributed by atoms with Gasteiger partial charge in [-0.1, -0.05) is 37.6 Å². The maximum absolute atomic E-state index is 6.76. The van der Waals surface area contributed by atoms with Crippen LogP contribution in [-0.2, 0) is 0 Å². The zero-order valence-electron chi connectivity index (χ0n) is 5.93. The van der Waals surface area contributed by atoms with Crippen LogP contribution in [0.5, 0.6) is 0 Å². The zero-order valence-corrected chi connectivity index (χ0v) is 5.93. The van der Waals surface area contributed by atoms with Crippen LogP contribution in [0.1, 0.15) is 19.8 Å². The van der Waals surface area contributed by atoms with Crippen LogP contribution in [0.15, 0.2) is 24.3 Å². The van der Waals surface area contributed by atoms with Crippen molar-refractivity contribution < 1.29 is 0 Å². The molecule has 0 heterocycles. The van der Waals surface area contributed by atoms with E-state index in [1.807, 2.05) is 18.2 Å². The molecule has 0 saturated carbocycles. The second-order valence-corrected chi connectivity index (χ2v) is 1.85. The zero-order chi connectivity index (χ0) is 6.95. The van der Waals surface area contributed by atoms with Crippen molar-refractivity contribution in [3.63, 3.8) is 0 Å². The average Bonchev–Trinajstić information content (AvgIpc) is 1.89. The lowest BCUT2D eigenvalue weighted by molar-refractivity contribution is 0.959. The molecule has 0 fully saturated rings. The molecule has 0 atom stereocenters. The molecule has 0 aliphatic rings. The molecule has 0 aromatic rings. The van der Waals surface area contributed by atoms with Crippen molar-refractivity contribution in [2.24, 2.45) is 0 Å². The van der Waals surface area contributed by atoms with Crippen LogP contribution in [0.3, 0.4) is 0 Å². The van der Waals surface area contributed by atoms with Crippen LogP contribution in [0.25, 0.3) is 0 Å². The Morgan fingerprint density at radius 2 is 1.89 bits per heavy atom. The van der Waals surface area contributed by atoms with E-state index in [1.165, 1.54) is 6.42 Å². The molecule has 1 heteroatoms. The fraction of sp³-hybridized carbons (Fsp3) is 0.500. The smallest absolute Gasteiger partial charge is 0.0284 e. The third-order valence-corrected chi connectivity index (χ3v) is 0.956. The number of hydrogen-bond donors (Lipinski definition) is 0. The van der Waals surface area contributed by atoms with Crippen molar-refractivity contribution in [2.75, 3.05) is 6.54 Å². The first-order chi connectivity index (χ1) is 4.41. The fourth-order valence-electron chi connectivity index (χ4n) is 0.488. The Bertz CT molecular complexity index is 92.7. The van der Waals surface area contributed by atoms with Crippen LogP contribution < -0.4 is 5.73 Å². The van der Waals surface area contributed by atoms with Crippen molar-refractivity contribution in [1.29, 1.82) is 0 Å². The Balaban J connectivity index is 3.13. The first-order valence-electron chi connectivity index (χ1n) is 3.38. The van der Waals surface area contributed by atoms with Gasteiger partial charge in [-0.3, -0.25) is 5.73 Å². The first kappa shape index (κ1) is 8.44. The van der Waals surface area contributed by atoms with Gasteiger partial charge in [0, 0.05) is 6.54 Å². The molecule has 1 nitrogen and oxygen atoms in total. The lowest BCUT2D eigenvalue weighted by atomic mass is 10.3. The van der Waals surface area contributed by atoms with Crippen molar-refractivity contribution >= 4 is 0 Å². The van der Waals surface area contributed by atoms with Gasteiger partial charge >= 0.3 is 0 Å². The average molecular weight is 124 g/mol. The molecule has 0 aliphatic carbocycles. The highest BCUT2D eigenvalue weighted by atomic mass is 14.5. The van der Waals surface area contributed by atoms with Crippen molar-refractivity contribution in [3.05, 3.63) is 24.3 Å². The largest absolute Gasteiger partial charge is 0.254 e. The topological polar surface area (TPSA) is 23.8 Å². The highest BCUT2D eigenvalue weighted by Crippen LogP contribution is 1.87. The number of rotatable bonds is 4. The summed E-state index contributed by atoms with van der Waals surface area (Å²) in [4.78, 5) is 0. The lowest BCUT2D eigenvalue weighted by Crippen LogP contribution is -1.71. The molecule has 1 N–H and O–H groups in total. The van der Waals surface area contributed by atoms with E-state index in [1.54, 1.807) is 0 Å². The minimum atomic E-state index is 0.385. The summed E-state index contributed by atoms with van der Waals surface area (Å²) in [6, 6.07) is 0. The third-order valence-electron chi connectivity index (χ3n) is 0.956.